The molecule has 12 heavy (non-hydrogen) atoms. The molecule has 0 aromatic rings. The Balaban J connectivity index is 2.11. The van der Waals surface area contributed by atoms with Crippen LogP contribution >= 0.6 is 11.8 Å². The first-order valence-electron chi connectivity index (χ1n) is 4.55. The minimum Gasteiger partial charge on any atom is -0.304 e. The first-order chi connectivity index (χ1) is 5.86. The zero-order valence-electron chi connectivity index (χ0n) is 7.55. The summed E-state index contributed by atoms with van der Waals surface area (Å²) in [6.07, 6.45) is 5.47. The van der Waals surface area contributed by atoms with Crippen molar-refractivity contribution < 1.29 is 0 Å². The Morgan fingerprint density at radius 1 is 1.58 bits per heavy atom. The Bertz CT molecular complexity index is 158. The topological polar surface area (TPSA) is 35.8 Å². The molecule has 0 aromatic carbocycles. The number of nitrogens with one attached hydrogen (secondary N) is 1. The van der Waals surface area contributed by atoms with E-state index < -0.39 is 0 Å². The molecule has 1 N–H and O–H groups in total. The van der Waals surface area contributed by atoms with Crippen molar-refractivity contribution in [1.29, 1.82) is 5.26 Å². The van der Waals surface area contributed by atoms with Crippen LogP contribution in [0.4, 0.5) is 0 Å². The van der Waals surface area contributed by atoms with Crippen molar-refractivity contribution in [2.75, 3.05) is 12.8 Å². The monoisotopic (exact) mass is 184 g/mol. The van der Waals surface area contributed by atoms with E-state index in [2.05, 4.69) is 11.4 Å². The van der Waals surface area contributed by atoms with Crippen molar-refractivity contribution in [3.05, 3.63) is 0 Å². The highest BCUT2D eigenvalue weighted by atomic mass is 32.2. The maximum atomic E-state index is 8.67. The zero-order valence-corrected chi connectivity index (χ0v) is 8.36. The SMILES string of the molecule is CNC(C#N)CSC1CCCC1. The molecule has 1 atom stereocenters. The molecule has 1 fully saturated rings. The summed E-state index contributed by atoms with van der Waals surface area (Å²) in [6.45, 7) is 0. The van der Waals surface area contributed by atoms with Crippen LogP contribution in [0.5, 0.6) is 0 Å². The molecule has 0 bridgehead atoms. The lowest BCUT2D eigenvalue weighted by Gasteiger charge is -2.11. The van der Waals surface area contributed by atoms with E-state index in [9.17, 15) is 0 Å². The molecule has 1 rings (SSSR count). The number of nitrogens with zero attached hydrogens (tertiary/aromatic N) is 1. The minimum absolute atomic E-state index is 0.0376. The zero-order chi connectivity index (χ0) is 8.81. The molecule has 2 nitrogen and oxygen atoms in total. The summed E-state index contributed by atoms with van der Waals surface area (Å²) in [5.41, 5.74) is 0. The molecule has 0 radical (unpaired) electrons. The van der Waals surface area contributed by atoms with Crippen molar-refractivity contribution >= 4 is 11.8 Å². The van der Waals surface area contributed by atoms with Crippen LogP contribution in [-0.4, -0.2) is 24.1 Å². The summed E-state index contributed by atoms with van der Waals surface area (Å²) in [5, 5.41) is 12.5. The first-order valence-corrected chi connectivity index (χ1v) is 5.60. The van der Waals surface area contributed by atoms with Gasteiger partial charge in [-0.25, -0.2) is 0 Å². The summed E-state index contributed by atoms with van der Waals surface area (Å²) in [5.74, 6) is 0.942. The average Bonchev–Trinajstić information content (AvgIpc) is 2.59. The van der Waals surface area contributed by atoms with Crippen molar-refractivity contribution in [3.63, 3.8) is 0 Å². The van der Waals surface area contributed by atoms with Crippen LogP contribution in [-0.2, 0) is 0 Å². The van der Waals surface area contributed by atoms with E-state index in [0.717, 1.165) is 11.0 Å². The fourth-order valence-corrected chi connectivity index (χ4v) is 2.84. The Kier molecular flexibility index (Phi) is 4.49. The predicted molar refractivity (Wildman–Crippen MR) is 53.2 cm³/mol. The van der Waals surface area contributed by atoms with Gasteiger partial charge in [0, 0.05) is 11.0 Å². The van der Waals surface area contributed by atoms with E-state index >= 15 is 0 Å². The maximum Gasteiger partial charge on any atom is 0.104 e. The number of rotatable bonds is 4. The molecule has 1 saturated carbocycles. The van der Waals surface area contributed by atoms with Gasteiger partial charge in [0.2, 0.25) is 0 Å². The van der Waals surface area contributed by atoms with Crippen LogP contribution in [0.25, 0.3) is 0 Å². The van der Waals surface area contributed by atoms with E-state index in [-0.39, 0.29) is 6.04 Å². The lowest BCUT2D eigenvalue weighted by molar-refractivity contribution is 0.746. The third kappa shape index (κ3) is 3.04. The molecule has 0 aromatic heterocycles. The van der Waals surface area contributed by atoms with Crippen molar-refractivity contribution in [2.45, 2.75) is 37.0 Å². The van der Waals surface area contributed by atoms with Crippen molar-refractivity contribution in [3.8, 4) is 6.07 Å². The molecular formula is C9H16N2S. The summed E-state index contributed by atoms with van der Waals surface area (Å²) in [4.78, 5) is 0. The van der Waals surface area contributed by atoms with Crippen molar-refractivity contribution in [1.82, 2.24) is 5.32 Å². The summed E-state index contributed by atoms with van der Waals surface area (Å²) in [6, 6.07) is 2.28. The Morgan fingerprint density at radius 3 is 2.75 bits per heavy atom. The molecule has 0 saturated heterocycles. The molecule has 3 heteroatoms. The third-order valence-electron chi connectivity index (χ3n) is 2.31. The lowest BCUT2D eigenvalue weighted by Crippen LogP contribution is -2.26. The smallest absolute Gasteiger partial charge is 0.104 e. The van der Waals surface area contributed by atoms with Crippen LogP contribution in [0, 0.1) is 11.3 Å². The molecule has 0 heterocycles. The van der Waals surface area contributed by atoms with Gasteiger partial charge in [-0.3, -0.25) is 0 Å². The molecule has 1 unspecified atom stereocenters. The van der Waals surface area contributed by atoms with Gasteiger partial charge in [-0.1, -0.05) is 12.8 Å². The fraction of sp³-hybridized carbons (Fsp3) is 0.889. The van der Waals surface area contributed by atoms with Gasteiger partial charge in [0.05, 0.1) is 6.07 Å². The van der Waals surface area contributed by atoms with Gasteiger partial charge in [-0.2, -0.15) is 17.0 Å². The Labute approximate surface area is 78.7 Å². The van der Waals surface area contributed by atoms with Crippen LogP contribution in [0.15, 0.2) is 0 Å². The molecule has 68 valence electrons. The summed E-state index contributed by atoms with van der Waals surface area (Å²) >= 11 is 1.96. The Morgan fingerprint density at radius 2 is 2.25 bits per heavy atom. The van der Waals surface area contributed by atoms with Gasteiger partial charge >= 0.3 is 0 Å². The fourth-order valence-electron chi connectivity index (χ4n) is 1.47. The van der Waals surface area contributed by atoms with Gasteiger partial charge in [0.15, 0.2) is 0 Å². The number of hydrogen-bond donors (Lipinski definition) is 1. The second-order valence-electron chi connectivity index (χ2n) is 3.21. The maximum absolute atomic E-state index is 8.67. The minimum atomic E-state index is 0.0376. The molecule has 1 aliphatic carbocycles. The predicted octanol–water partition coefficient (Wildman–Crippen LogP) is 1.77. The van der Waals surface area contributed by atoms with Gasteiger partial charge in [-0.15, -0.1) is 0 Å². The highest BCUT2D eigenvalue weighted by Crippen LogP contribution is 2.29. The quantitative estimate of drug-likeness (QED) is 0.723. The second-order valence-corrected chi connectivity index (χ2v) is 4.54. The summed E-state index contributed by atoms with van der Waals surface area (Å²) in [7, 11) is 1.85. The standard InChI is InChI=1S/C9H16N2S/c1-11-8(6-10)7-12-9-4-2-3-5-9/h8-9,11H,2-5,7H2,1H3. The molecule has 0 aliphatic heterocycles. The van der Waals surface area contributed by atoms with E-state index in [1.807, 2.05) is 18.8 Å². The van der Waals surface area contributed by atoms with Crippen LogP contribution in [0.2, 0.25) is 0 Å². The Hall–Kier alpha value is -0.200. The van der Waals surface area contributed by atoms with E-state index in [1.54, 1.807) is 0 Å². The largest absolute Gasteiger partial charge is 0.304 e. The third-order valence-corrected chi connectivity index (χ3v) is 3.77. The molecule has 1 aliphatic rings. The number of nitriles is 1. The average molecular weight is 184 g/mol. The van der Waals surface area contributed by atoms with Crippen LogP contribution in [0.1, 0.15) is 25.7 Å². The number of hydrogen-bond acceptors (Lipinski definition) is 3. The number of thioether (sulfide) groups is 1. The van der Waals surface area contributed by atoms with E-state index in [4.69, 9.17) is 5.26 Å². The molecule has 0 spiro atoms. The van der Waals surface area contributed by atoms with Crippen LogP contribution in [0.3, 0.4) is 0 Å². The normalized spacial score (nSPS) is 20.7. The molecular weight excluding hydrogens is 168 g/mol. The lowest BCUT2D eigenvalue weighted by atomic mass is 10.4. The van der Waals surface area contributed by atoms with Crippen LogP contribution < -0.4 is 5.32 Å². The van der Waals surface area contributed by atoms with Gasteiger partial charge in [0.25, 0.3) is 0 Å². The highest BCUT2D eigenvalue weighted by Gasteiger charge is 2.16. The second kappa shape index (κ2) is 5.45. The molecule has 0 amide bonds. The van der Waals surface area contributed by atoms with Gasteiger partial charge < -0.3 is 5.32 Å². The van der Waals surface area contributed by atoms with Gasteiger partial charge in [0.1, 0.15) is 6.04 Å². The first kappa shape index (κ1) is 9.88. The van der Waals surface area contributed by atoms with E-state index in [0.29, 0.717) is 0 Å². The van der Waals surface area contributed by atoms with Crippen molar-refractivity contribution in [2.24, 2.45) is 0 Å². The van der Waals surface area contributed by atoms with Gasteiger partial charge in [-0.05, 0) is 19.9 Å². The summed E-state index contributed by atoms with van der Waals surface area (Å²) < 4.78 is 0. The van der Waals surface area contributed by atoms with E-state index in [1.165, 1.54) is 25.7 Å². The highest BCUT2D eigenvalue weighted by molar-refractivity contribution is 7.99.